The molecule has 0 amide bonds. The van der Waals surface area contributed by atoms with Crippen LogP contribution in [0.4, 0.5) is 5.13 Å². The van der Waals surface area contributed by atoms with Crippen LogP contribution in [-0.2, 0) is 17.3 Å². The van der Waals surface area contributed by atoms with Gasteiger partial charge >= 0.3 is 0 Å². The molecule has 2 aromatic rings. The molecule has 21 heavy (non-hydrogen) atoms. The molecular formula is C15H24N4S2. The molecule has 0 saturated carbocycles. The Kier molecular flexibility index (Phi) is 4.68. The monoisotopic (exact) mass is 324 g/mol. The van der Waals surface area contributed by atoms with E-state index >= 15 is 0 Å². The minimum absolute atomic E-state index is 0.00729. The van der Waals surface area contributed by atoms with E-state index in [1.807, 2.05) is 0 Å². The van der Waals surface area contributed by atoms with Crippen molar-refractivity contribution in [2.75, 3.05) is 11.9 Å². The van der Waals surface area contributed by atoms with Gasteiger partial charge < -0.3 is 5.32 Å². The number of anilines is 1. The lowest BCUT2D eigenvalue weighted by Crippen LogP contribution is -2.13. The summed E-state index contributed by atoms with van der Waals surface area (Å²) in [5.41, 5.74) is 1.31. The van der Waals surface area contributed by atoms with Crippen LogP contribution in [0.2, 0.25) is 0 Å². The Bertz CT molecular complexity index is 535. The molecule has 0 atom stereocenters. The van der Waals surface area contributed by atoms with Crippen molar-refractivity contribution < 1.29 is 0 Å². The van der Waals surface area contributed by atoms with E-state index in [4.69, 9.17) is 4.98 Å². The van der Waals surface area contributed by atoms with E-state index in [1.54, 1.807) is 11.3 Å². The van der Waals surface area contributed by atoms with Crippen molar-refractivity contribution in [3.8, 4) is 0 Å². The highest BCUT2D eigenvalue weighted by atomic mass is 32.1. The summed E-state index contributed by atoms with van der Waals surface area (Å²) in [6.07, 6.45) is 0.922. The number of rotatable bonds is 4. The van der Waals surface area contributed by atoms with Gasteiger partial charge in [0.15, 0.2) is 0 Å². The Morgan fingerprint density at radius 2 is 1.76 bits per heavy atom. The maximum absolute atomic E-state index is 4.70. The number of nitrogens with zero attached hydrogens (tertiary/aromatic N) is 3. The van der Waals surface area contributed by atoms with Crippen LogP contribution < -0.4 is 5.32 Å². The number of nitrogens with one attached hydrogen (secondary N) is 1. The fourth-order valence-corrected chi connectivity index (χ4v) is 3.45. The van der Waals surface area contributed by atoms with Crippen LogP contribution >= 0.6 is 22.9 Å². The molecule has 0 unspecified atom stereocenters. The van der Waals surface area contributed by atoms with Crippen LogP contribution in [0.15, 0.2) is 5.38 Å². The minimum atomic E-state index is 0.00729. The van der Waals surface area contributed by atoms with Gasteiger partial charge in [0.1, 0.15) is 5.82 Å². The highest BCUT2D eigenvalue weighted by Gasteiger charge is 2.20. The molecule has 0 aliphatic carbocycles. The highest BCUT2D eigenvalue weighted by molar-refractivity contribution is 7.10. The third-order valence-electron chi connectivity index (χ3n) is 3.03. The summed E-state index contributed by atoms with van der Waals surface area (Å²) in [5.74, 6) is 0.902. The normalized spacial score (nSPS) is 12.7. The van der Waals surface area contributed by atoms with Gasteiger partial charge in [-0.05, 0) is 0 Å². The van der Waals surface area contributed by atoms with Crippen LogP contribution in [0.1, 0.15) is 58.1 Å². The first-order valence-corrected chi connectivity index (χ1v) is 8.84. The zero-order valence-electron chi connectivity index (χ0n) is 13.6. The number of hydrogen-bond donors (Lipinski definition) is 1. The molecule has 6 heteroatoms. The van der Waals surface area contributed by atoms with Crippen molar-refractivity contribution in [1.82, 2.24) is 14.3 Å². The molecule has 0 fully saturated rings. The zero-order chi connectivity index (χ0) is 15.7. The molecule has 0 aromatic carbocycles. The smallest absolute Gasteiger partial charge is 0.202 e. The Balaban J connectivity index is 1.87. The van der Waals surface area contributed by atoms with Gasteiger partial charge in [-0.3, -0.25) is 0 Å². The quantitative estimate of drug-likeness (QED) is 0.913. The van der Waals surface area contributed by atoms with Crippen molar-refractivity contribution in [3.05, 3.63) is 21.9 Å². The predicted octanol–water partition coefficient (Wildman–Crippen LogP) is 4.24. The van der Waals surface area contributed by atoms with Gasteiger partial charge in [0, 0.05) is 40.7 Å². The maximum atomic E-state index is 4.70. The van der Waals surface area contributed by atoms with Crippen LogP contribution in [0, 0.1) is 0 Å². The molecule has 1 N–H and O–H groups in total. The van der Waals surface area contributed by atoms with Crippen molar-refractivity contribution in [2.24, 2.45) is 0 Å². The van der Waals surface area contributed by atoms with Crippen LogP contribution in [0.3, 0.4) is 0 Å². The Morgan fingerprint density at radius 1 is 1.05 bits per heavy atom. The maximum Gasteiger partial charge on any atom is 0.202 e. The standard InChI is InChI=1S/C15H24N4S2/c1-14(2,3)10-9-20-11(17-10)7-8-16-13-18-12(19-21-13)15(4,5)6/h9H,7-8H2,1-6H3,(H,16,18,19). The van der Waals surface area contributed by atoms with E-state index in [2.05, 4.69) is 61.6 Å². The van der Waals surface area contributed by atoms with Gasteiger partial charge in [0.05, 0.1) is 10.7 Å². The molecule has 0 saturated heterocycles. The van der Waals surface area contributed by atoms with E-state index in [1.165, 1.54) is 22.2 Å². The summed E-state index contributed by atoms with van der Waals surface area (Å²) in [5, 5.41) is 7.58. The van der Waals surface area contributed by atoms with Crippen LogP contribution in [0.5, 0.6) is 0 Å². The first kappa shape index (κ1) is 16.4. The summed E-state index contributed by atoms with van der Waals surface area (Å²) < 4.78 is 4.40. The molecule has 2 heterocycles. The van der Waals surface area contributed by atoms with E-state index in [9.17, 15) is 0 Å². The van der Waals surface area contributed by atoms with Gasteiger partial charge in [-0.2, -0.15) is 4.37 Å². The molecule has 0 aliphatic heterocycles. The SMILES string of the molecule is CC(C)(C)c1csc(CCNc2nc(C(C)(C)C)ns2)n1. The molecule has 0 aliphatic rings. The van der Waals surface area contributed by atoms with Crippen LogP contribution in [-0.4, -0.2) is 20.9 Å². The zero-order valence-corrected chi connectivity index (χ0v) is 15.3. The van der Waals surface area contributed by atoms with Crippen molar-refractivity contribution >= 4 is 28.0 Å². The molecular weight excluding hydrogens is 300 g/mol. The average Bonchev–Trinajstić information content (AvgIpc) is 2.95. The number of hydrogen-bond acceptors (Lipinski definition) is 6. The topological polar surface area (TPSA) is 50.7 Å². The molecule has 116 valence electrons. The number of thiazole rings is 1. The van der Waals surface area contributed by atoms with E-state index in [0.717, 1.165) is 23.9 Å². The molecule has 2 rings (SSSR count). The minimum Gasteiger partial charge on any atom is -0.360 e. The summed E-state index contributed by atoms with van der Waals surface area (Å²) in [6.45, 7) is 13.8. The Morgan fingerprint density at radius 3 is 2.29 bits per heavy atom. The van der Waals surface area contributed by atoms with E-state index in [0.29, 0.717) is 0 Å². The molecule has 4 nitrogen and oxygen atoms in total. The molecule has 0 bridgehead atoms. The van der Waals surface area contributed by atoms with Crippen molar-refractivity contribution in [2.45, 2.75) is 58.8 Å². The first-order chi connectivity index (χ1) is 9.66. The lowest BCUT2D eigenvalue weighted by atomic mass is 9.93. The summed E-state index contributed by atoms with van der Waals surface area (Å²) in [7, 11) is 0. The second-order valence-corrected chi connectivity index (χ2v) is 8.92. The third kappa shape index (κ3) is 4.48. The van der Waals surface area contributed by atoms with Gasteiger partial charge in [-0.1, -0.05) is 41.5 Å². The van der Waals surface area contributed by atoms with Gasteiger partial charge in [-0.25, -0.2) is 9.97 Å². The lowest BCUT2D eigenvalue weighted by molar-refractivity contribution is 0.555. The van der Waals surface area contributed by atoms with Gasteiger partial charge in [0.25, 0.3) is 0 Å². The largest absolute Gasteiger partial charge is 0.360 e. The second-order valence-electron chi connectivity index (χ2n) is 7.23. The van der Waals surface area contributed by atoms with Crippen LogP contribution in [0.25, 0.3) is 0 Å². The molecule has 0 radical (unpaired) electrons. The van der Waals surface area contributed by atoms with Crippen molar-refractivity contribution in [1.29, 1.82) is 0 Å². The molecule has 2 aromatic heterocycles. The summed E-state index contributed by atoms with van der Waals surface area (Å²) in [4.78, 5) is 9.24. The average molecular weight is 325 g/mol. The van der Waals surface area contributed by atoms with E-state index < -0.39 is 0 Å². The fraction of sp³-hybridized carbons (Fsp3) is 0.667. The summed E-state index contributed by atoms with van der Waals surface area (Å²) >= 11 is 3.17. The Hall–Kier alpha value is -1.01. The van der Waals surface area contributed by atoms with Gasteiger partial charge in [0.2, 0.25) is 5.13 Å². The fourth-order valence-electron chi connectivity index (χ4n) is 1.65. The third-order valence-corrected chi connectivity index (χ3v) is 4.61. The lowest BCUT2D eigenvalue weighted by Gasteiger charge is -2.14. The van der Waals surface area contributed by atoms with E-state index in [-0.39, 0.29) is 10.8 Å². The predicted molar refractivity (Wildman–Crippen MR) is 91.6 cm³/mol. The number of aromatic nitrogens is 3. The van der Waals surface area contributed by atoms with Crippen molar-refractivity contribution in [3.63, 3.8) is 0 Å². The summed E-state index contributed by atoms with van der Waals surface area (Å²) in [6, 6.07) is 0. The second kappa shape index (κ2) is 6.01. The first-order valence-electron chi connectivity index (χ1n) is 7.19. The highest BCUT2D eigenvalue weighted by Crippen LogP contribution is 2.25. The molecule has 0 spiro atoms. The van der Waals surface area contributed by atoms with Gasteiger partial charge in [-0.15, -0.1) is 11.3 Å². The Labute approximate surface area is 135 Å².